The van der Waals surface area contributed by atoms with Crippen LogP contribution in [-0.2, 0) is 9.59 Å². The van der Waals surface area contributed by atoms with Gasteiger partial charge in [-0.05, 0) is 45.1 Å². The number of carboxylic acid groups (broad SMARTS) is 2. The van der Waals surface area contributed by atoms with Crippen molar-refractivity contribution in [2.75, 3.05) is 13.1 Å². The predicted octanol–water partition coefficient (Wildman–Crippen LogP) is -1.95. The molecule has 6 nitrogen and oxygen atoms in total. The Balaban J connectivity index is 0.000000123. The Labute approximate surface area is 131 Å². The third-order valence-electron chi connectivity index (χ3n) is 5.61. The molecule has 0 aromatic carbocycles. The lowest BCUT2D eigenvalue weighted by molar-refractivity contribution is -0.719. The van der Waals surface area contributed by atoms with Gasteiger partial charge in [-0.2, -0.15) is 0 Å². The van der Waals surface area contributed by atoms with Gasteiger partial charge < -0.3 is 30.4 Å². The molecule has 0 aromatic rings. The second-order valence-electron chi connectivity index (χ2n) is 7.05. The van der Waals surface area contributed by atoms with Gasteiger partial charge in [-0.25, -0.2) is 0 Å². The minimum absolute atomic E-state index is 0.667. The van der Waals surface area contributed by atoms with E-state index >= 15 is 0 Å². The number of carbonyl (C=O) groups is 2. The fourth-order valence-electron chi connectivity index (χ4n) is 3.95. The van der Waals surface area contributed by atoms with Gasteiger partial charge in [0.05, 0.1) is 24.0 Å². The summed E-state index contributed by atoms with van der Waals surface area (Å²) < 4.78 is 0. The van der Waals surface area contributed by atoms with Crippen molar-refractivity contribution in [3.63, 3.8) is 0 Å². The number of aliphatic carboxylic acids is 2. The highest BCUT2D eigenvalue weighted by Crippen LogP contribution is 2.38. The topological polar surface area (TPSA) is 109 Å². The first-order valence-electron chi connectivity index (χ1n) is 8.49. The smallest absolute Gasteiger partial charge is 0.0963 e. The molecule has 6 heteroatoms. The van der Waals surface area contributed by atoms with E-state index in [4.69, 9.17) is 19.8 Å². The summed E-state index contributed by atoms with van der Waals surface area (Å²) in [6.45, 7) is 2.68. The molecular formula is C16H27N2O4-. The van der Waals surface area contributed by atoms with E-state index in [-0.39, 0.29) is 0 Å². The fourth-order valence-corrected chi connectivity index (χ4v) is 3.95. The van der Waals surface area contributed by atoms with Crippen LogP contribution in [0.4, 0.5) is 0 Å². The zero-order chi connectivity index (χ0) is 16.1. The summed E-state index contributed by atoms with van der Waals surface area (Å²) in [5.74, 6) is -4.37. The van der Waals surface area contributed by atoms with Crippen molar-refractivity contribution in [1.29, 1.82) is 0 Å². The molecule has 2 saturated heterocycles. The van der Waals surface area contributed by atoms with Gasteiger partial charge in [0.1, 0.15) is 0 Å². The lowest BCUT2D eigenvalue weighted by Crippen LogP contribution is -2.95. The second-order valence-corrected chi connectivity index (χ2v) is 7.05. The van der Waals surface area contributed by atoms with Gasteiger partial charge in [0.2, 0.25) is 0 Å². The highest BCUT2D eigenvalue weighted by molar-refractivity contribution is 6.25. The summed E-state index contributed by atoms with van der Waals surface area (Å²) in [6, 6.07) is 0. The third kappa shape index (κ3) is 4.43. The van der Waals surface area contributed by atoms with Crippen LogP contribution in [-0.4, -0.2) is 36.1 Å². The number of carbonyl (C=O) groups excluding carboxylic acids is 2. The highest BCUT2D eigenvalue weighted by atomic mass is 16.4. The van der Waals surface area contributed by atoms with Crippen LogP contribution < -0.4 is 20.8 Å². The van der Waals surface area contributed by atoms with Crippen LogP contribution in [0.15, 0.2) is 0 Å². The van der Waals surface area contributed by atoms with Gasteiger partial charge in [-0.3, -0.25) is 0 Å². The van der Waals surface area contributed by atoms with E-state index in [2.05, 4.69) is 10.6 Å². The minimum Gasteiger partial charge on any atom is -0.543 e. The van der Waals surface area contributed by atoms with Gasteiger partial charge in [0, 0.05) is 31.2 Å². The molecule has 4 fully saturated rings. The van der Waals surface area contributed by atoms with Gasteiger partial charge >= 0.3 is 0 Å². The van der Waals surface area contributed by atoms with Gasteiger partial charge in [0.15, 0.2) is 0 Å². The number of carboxylic acids is 2. The highest BCUT2D eigenvalue weighted by Gasteiger charge is 2.43. The molecule has 0 amide bonds. The molecule has 0 unspecified atom stereocenters. The molecule has 0 bridgehead atoms. The molecule has 4 aliphatic rings. The lowest BCUT2D eigenvalue weighted by atomic mass is 9.76. The van der Waals surface area contributed by atoms with Gasteiger partial charge in [0.25, 0.3) is 0 Å². The maximum atomic E-state index is 8.93. The first-order valence-corrected chi connectivity index (χ1v) is 8.49. The number of quaternary nitrogens is 1. The average Bonchev–Trinajstić information content (AvgIpc) is 3.08. The van der Waals surface area contributed by atoms with Crippen LogP contribution in [0.2, 0.25) is 0 Å². The largest absolute Gasteiger partial charge is 0.543 e. The zero-order valence-electron chi connectivity index (χ0n) is 13.2. The number of hydrogen-bond acceptors (Lipinski definition) is 5. The van der Waals surface area contributed by atoms with E-state index in [1.54, 1.807) is 0 Å². The molecule has 2 aliphatic heterocycles. The molecule has 126 valence electrons. The van der Waals surface area contributed by atoms with E-state index < -0.39 is 11.9 Å². The monoisotopic (exact) mass is 311 g/mol. The summed E-state index contributed by atoms with van der Waals surface area (Å²) in [4.78, 5) is 17.9. The van der Waals surface area contributed by atoms with Crippen LogP contribution in [0.5, 0.6) is 0 Å². The Morgan fingerprint density at radius 1 is 0.818 bits per heavy atom. The molecule has 2 aliphatic carbocycles. The summed E-state index contributed by atoms with van der Waals surface area (Å²) in [5, 5.41) is 24.0. The Morgan fingerprint density at radius 3 is 1.55 bits per heavy atom. The summed E-state index contributed by atoms with van der Waals surface area (Å²) in [5.41, 5.74) is 1.46. The summed E-state index contributed by atoms with van der Waals surface area (Å²) in [7, 11) is 0. The molecule has 0 aromatic heterocycles. The molecule has 22 heavy (non-hydrogen) atoms. The molecule has 3 N–H and O–H groups in total. The van der Waals surface area contributed by atoms with Gasteiger partial charge in [-0.1, -0.05) is 0 Å². The van der Waals surface area contributed by atoms with Crippen molar-refractivity contribution in [1.82, 2.24) is 5.32 Å². The van der Waals surface area contributed by atoms with Crippen molar-refractivity contribution >= 4 is 11.9 Å². The molecule has 0 atom stereocenters. The third-order valence-corrected chi connectivity index (χ3v) is 5.61. The van der Waals surface area contributed by atoms with E-state index in [1.165, 1.54) is 77.3 Å². The number of hydrogen-bond donors (Lipinski definition) is 2. The lowest BCUT2D eigenvalue weighted by Gasteiger charge is -2.38. The Morgan fingerprint density at radius 2 is 1.36 bits per heavy atom. The zero-order valence-corrected chi connectivity index (χ0v) is 13.2. The van der Waals surface area contributed by atoms with Crippen LogP contribution in [0.25, 0.3) is 0 Å². The van der Waals surface area contributed by atoms with Crippen molar-refractivity contribution < 1.29 is 25.1 Å². The quantitative estimate of drug-likeness (QED) is 0.505. The summed E-state index contributed by atoms with van der Waals surface area (Å²) >= 11 is 0. The SMILES string of the molecule is C1CNC2(C1)CCC2.C1C[NH2+]C2(C1)CCC2.O=C([O-])C(=O)[O-]. The van der Waals surface area contributed by atoms with Crippen LogP contribution in [0.1, 0.15) is 64.2 Å². The van der Waals surface area contributed by atoms with Crippen molar-refractivity contribution in [3.8, 4) is 0 Å². The molecule has 4 rings (SSSR count). The first-order chi connectivity index (χ1) is 10.5. The van der Waals surface area contributed by atoms with Crippen molar-refractivity contribution in [3.05, 3.63) is 0 Å². The first kappa shape index (κ1) is 17.2. The van der Waals surface area contributed by atoms with Crippen LogP contribution >= 0.6 is 0 Å². The van der Waals surface area contributed by atoms with Crippen molar-refractivity contribution in [2.45, 2.75) is 75.3 Å². The maximum absolute atomic E-state index is 8.93. The van der Waals surface area contributed by atoms with E-state index in [0.717, 1.165) is 5.54 Å². The van der Waals surface area contributed by atoms with Crippen LogP contribution in [0, 0.1) is 0 Å². The van der Waals surface area contributed by atoms with E-state index in [0.29, 0.717) is 5.54 Å². The molecule has 2 saturated carbocycles. The summed E-state index contributed by atoms with van der Waals surface area (Å²) in [6.07, 6.45) is 14.7. The maximum Gasteiger partial charge on any atom is 0.0963 e. The van der Waals surface area contributed by atoms with E-state index in [9.17, 15) is 0 Å². The Kier molecular flexibility index (Phi) is 5.81. The molecule has 2 heterocycles. The second kappa shape index (κ2) is 7.42. The Hall–Kier alpha value is -1.14. The van der Waals surface area contributed by atoms with Crippen LogP contribution in [0.3, 0.4) is 0 Å². The minimum atomic E-state index is -2.19. The van der Waals surface area contributed by atoms with Gasteiger partial charge in [-0.15, -0.1) is 0 Å². The van der Waals surface area contributed by atoms with E-state index in [1.807, 2.05) is 0 Å². The number of nitrogens with one attached hydrogen (secondary N) is 1. The molecular weight excluding hydrogens is 284 g/mol. The molecule has 2 spiro atoms. The average molecular weight is 311 g/mol. The molecule has 0 radical (unpaired) electrons. The number of rotatable bonds is 0. The number of nitrogens with two attached hydrogens (primary N) is 1. The fraction of sp³-hybridized carbons (Fsp3) is 0.875. The predicted molar refractivity (Wildman–Crippen MR) is 76.4 cm³/mol. The normalized spacial score (nSPS) is 26.0. The Bertz CT molecular complexity index is 349. The standard InChI is InChI=1S/2C7H13N.C2H2O4/c2*1-3-7(4-1)5-2-6-8-7;3-1(4)2(5)6/h2*8H,1-6H2;(H,3,4)(H,5,6)/p-1. The van der Waals surface area contributed by atoms with Crippen molar-refractivity contribution in [2.24, 2.45) is 0 Å².